The van der Waals surface area contributed by atoms with Crippen LogP contribution >= 0.6 is 23.2 Å². The quantitative estimate of drug-likeness (QED) is 0.422. The molecule has 0 spiro atoms. The van der Waals surface area contributed by atoms with Crippen molar-refractivity contribution in [3.05, 3.63) is 69.7 Å². The molecule has 4 fully saturated rings. The summed E-state index contributed by atoms with van der Waals surface area (Å²) in [6, 6.07) is 16.6. The Morgan fingerprint density at radius 1 is 0.800 bits per heavy atom. The highest BCUT2D eigenvalue weighted by atomic mass is 35.5. The van der Waals surface area contributed by atoms with Crippen molar-refractivity contribution in [3.8, 4) is 0 Å². The molecule has 2 unspecified atom stereocenters. The van der Waals surface area contributed by atoms with Crippen LogP contribution in [-0.4, -0.2) is 34.4 Å². The average Bonchev–Trinajstić information content (AvgIpc) is 2.80. The molecule has 1 N–H and O–H groups in total. The number of hydrogen-bond donors (Lipinski definition) is 1. The molecular formula is C25H28Cl2N2O. The van der Waals surface area contributed by atoms with E-state index in [4.69, 9.17) is 23.2 Å². The highest BCUT2D eigenvalue weighted by molar-refractivity contribution is 6.30. The van der Waals surface area contributed by atoms with E-state index in [-0.39, 0.29) is 11.5 Å². The van der Waals surface area contributed by atoms with E-state index in [0.29, 0.717) is 11.8 Å². The van der Waals surface area contributed by atoms with Crippen LogP contribution in [0.25, 0.3) is 0 Å². The van der Waals surface area contributed by atoms with Gasteiger partial charge in [-0.1, -0.05) is 59.0 Å². The van der Waals surface area contributed by atoms with Crippen LogP contribution in [0, 0.1) is 5.92 Å². The molecule has 2 bridgehead atoms. The lowest BCUT2D eigenvalue weighted by Gasteiger charge is -2.60. The molecule has 6 rings (SSSR count). The Kier molecular flexibility index (Phi) is 5.55. The summed E-state index contributed by atoms with van der Waals surface area (Å²) >= 11 is 12.4. The van der Waals surface area contributed by atoms with Gasteiger partial charge in [0, 0.05) is 27.9 Å². The summed E-state index contributed by atoms with van der Waals surface area (Å²) in [5.74, 6) is 0.834. The van der Waals surface area contributed by atoms with Crippen LogP contribution in [0.2, 0.25) is 10.0 Å². The lowest BCUT2D eigenvalue weighted by Crippen LogP contribution is -2.62. The smallest absolute Gasteiger partial charge is 0.0632 e. The highest BCUT2D eigenvalue weighted by Crippen LogP contribution is 2.59. The molecule has 2 atom stereocenters. The van der Waals surface area contributed by atoms with E-state index in [9.17, 15) is 5.21 Å². The van der Waals surface area contributed by atoms with Crippen molar-refractivity contribution < 1.29 is 5.21 Å². The van der Waals surface area contributed by atoms with Crippen LogP contribution in [0.1, 0.15) is 61.5 Å². The SMILES string of the molecule is O/N=C1\CC2(N3CCCCC3)CC(c3ccc(Cl)cc3)C1C(c1ccc(Cl)cc1)C2. The number of piperidine rings is 1. The van der Waals surface area contributed by atoms with E-state index < -0.39 is 0 Å². The maximum atomic E-state index is 10.1. The van der Waals surface area contributed by atoms with E-state index in [0.717, 1.165) is 48.1 Å². The molecule has 3 nitrogen and oxygen atoms in total. The first kappa shape index (κ1) is 20.4. The number of likely N-dealkylation sites (tertiary alicyclic amines) is 1. The summed E-state index contributed by atoms with van der Waals surface area (Å²) in [5.41, 5.74) is 3.60. The van der Waals surface area contributed by atoms with Gasteiger partial charge in [-0.3, -0.25) is 4.90 Å². The van der Waals surface area contributed by atoms with Crippen molar-refractivity contribution in [3.63, 3.8) is 0 Å². The second-order valence-electron chi connectivity index (χ2n) is 9.29. The Bertz CT molecular complexity index is 864. The van der Waals surface area contributed by atoms with Gasteiger partial charge in [0.15, 0.2) is 0 Å². The van der Waals surface area contributed by atoms with Gasteiger partial charge in [0.25, 0.3) is 0 Å². The number of halogens is 2. The van der Waals surface area contributed by atoms with Gasteiger partial charge >= 0.3 is 0 Å². The van der Waals surface area contributed by atoms with Crippen molar-refractivity contribution in [1.29, 1.82) is 0 Å². The first-order valence-electron chi connectivity index (χ1n) is 11.1. The largest absolute Gasteiger partial charge is 0.411 e. The van der Waals surface area contributed by atoms with Crippen LogP contribution in [0.5, 0.6) is 0 Å². The van der Waals surface area contributed by atoms with Crippen LogP contribution in [0.3, 0.4) is 0 Å². The summed E-state index contributed by atoms with van der Waals surface area (Å²) in [6.07, 6.45) is 6.94. The van der Waals surface area contributed by atoms with Crippen LogP contribution in [0.4, 0.5) is 0 Å². The molecule has 158 valence electrons. The second-order valence-corrected chi connectivity index (χ2v) is 10.2. The van der Waals surface area contributed by atoms with Crippen LogP contribution < -0.4 is 0 Å². The molecule has 30 heavy (non-hydrogen) atoms. The third kappa shape index (κ3) is 3.55. The normalized spacial score (nSPS) is 33.1. The lowest BCUT2D eigenvalue weighted by atomic mass is 9.52. The highest BCUT2D eigenvalue weighted by Gasteiger charge is 2.57. The second kappa shape index (κ2) is 8.18. The Hall–Kier alpha value is -1.55. The summed E-state index contributed by atoms with van der Waals surface area (Å²) in [4.78, 5) is 2.71. The Morgan fingerprint density at radius 3 is 1.77 bits per heavy atom. The number of fused-ring (bicyclic) bond motifs is 3. The third-order valence-electron chi connectivity index (χ3n) is 7.71. The van der Waals surface area contributed by atoms with E-state index in [1.54, 1.807) is 0 Å². The molecule has 5 heteroatoms. The van der Waals surface area contributed by atoms with Gasteiger partial charge in [-0.2, -0.15) is 0 Å². The van der Waals surface area contributed by atoms with Gasteiger partial charge in [-0.15, -0.1) is 0 Å². The molecule has 3 saturated carbocycles. The third-order valence-corrected chi connectivity index (χ3v) is 8.22. The predicted octanol–water partition coefficient (Wildman–Crippen LogP) is 6.73. The molecule has 3 aliphatic carbocycles. The summed E-state index contributed by atoms with van der Waals surface area (Å²) < 4.78 is 0. The monoisotopic (exact) mass is 442 g/mol. The summed E-state index contributed by atoms with van der Waals surface area (Å²) in [5, 5.41) is 15.5. The minimum Gasteiger partial charge on any atom is -0.411 e. The van der Waals surface area contributed by atoms with E-state index in [1.165, 1.54) is 30.4 Å². The fourth-order valence-corrected chi connectivity index (χ4v) is 6.66. The minimum atomic E-state index is 0.0470. The van der Waals surface area contributed by atoms with Gasteiger partial charge in [0.1, 0.15) is 0 Å². The standard InChI is InChI=1S/C25H28Cl2N2O/c26-19-8-4-17(5-9-19)21-14-25(29-12-2-1-3-13-29)15-22(24(21)23(16-25)28-30)18-6-10-20(27)11-7-18/h4-11,21-22,24,30H,1-3,12-16H2/b28-23+. The molecule has 1 saturated heterocycles. The van der Waals surface area contributed by atoms with E-state index in [1.807, 2.05) is 24.3 Å². The van der Waals surface area contributed by atoms with Crippen molar-refractivity contribution in [2.75, 3.05) is 13.1 Å². The van der Waals surface area contributed by atoms with E-state index >= 15 is 0 Å². The molecule has 1 heterocycles. The van der Waals surface area contributed by atoms with Gasteiger partial charge in [-0.05, 0) is 86.0 Å². The first-order valence-corrected chi connectivity index (χ1v) is 11.8. The summed E-state index contributed by atoms with van der Waals surface area (Å²) in [7, 11) is 0. The molecule has 0 radical (unpaired) electrons. The molecule has 4 aliphatic rings. The van der Waals surface area contributed by atoms with Crippen molar-refractivity contribution in [2.24, 2.45) is 11.1 Å². The molecule has 2 aromatic rings. The van der Waals surface area contributed by atoms with Gasteiger partial charge in [0.05, 0.1) is 5.71 Å². The van der Waals surface area contributed by atoms with Crippen LogP contribution in [-0.2, 0) is 0 Å². The zero-order chi connectivity index (χ0) is 20.7. The molecule has 0 amide bonds. The molecule has 2 aromatic carbocycles. The average molecular weight is 443 g/mol. The van der Waals surface area contributed by atoms with Crippen molar-refractivity contribution in [1.82, 2.24) is 4.90 Å². The zero-order valence-corrected chi connectivity index (χ0v) is 18.6. The maximum absolute atomic E-state index is 10.1. The number of oxime groups is 1. The van der Waals surface area contributed by atoms with Crippen molar-refractivity contribution in [2.45, 2.75) is 55.9 Å². The van der Waals surface area contributed by atoms with Gasteiger partial charge < -0.3 is 5.21 Å². The number of nitrogens with zero attached hydrogens (tertiary/aromatic N) is 2. The molecular weight excluding hydrogens is 415 g/mol. The minimum absolute atomic E-state index is 0.0470. The first-order chi connectivity index (χ1) is 14.6. The fraction of sp³-hybridized carbons (Fsp3) is 0.480. The summed E-state index contributed by atoms with van der Waals surface area (Å²) in [6.45, 7) is 2.29. The fourth-order valence-electron chi connectivity index (χ4n) is 6.41. The molecule has 1 aliphatic heterocycles. The predicted molar refractivity (Wildman–Crippen MR) is 123 cm³/mol. The number of benzene rings is 2. The van der Waals surface area contributed by atoms with Gasteiger partial charge in [0.2, 0.25) is 0 Å². The Morgan fingerprint density at radius 2 is 1.30 bits per heavy atom. The van der Waals surface area contributed by atoms with Gasteiger partial charge in [-0.25, -0.2) is 0 Å². The van der Waals surface area contributed by atoms with Crippen molar-refractivity contribution >= 4 is 28.9 Å². The van der Waals surface area contributed by atoms with Crippen LogP contribution in [0.15, 0.2) is 53.7 Å². The molecule has 0 aromatic heterocycles. The zero-order valence-electron chi connectivity index (χ0n) is 17.1. The lowest BCUT2D eigenvalue weighted by molar-refractivity contribution is -0.00199. The number of rotatable bonds is 3. The maximum Gasteiger partial charge on any atom is 0.0632 e. The topological polar surface area (TPSA) is 35.8 Å². The van der Waals surface area contributed by atoms with E-state index in [2.05, 4.69) is 34.3 Å². The number of hydrogen-bond acceptors (Lipinski definition) is 3. The Balaban J connectivity index is 1.61. The Labute approximate surface area is 188 Å².